The Hall–Kier alpha value is -1.25. The minimum absolute atomic E-state index is 0.0555. The summed E-state index contributed by atoms with van der Waals surface area (Å²) in [7, 11) is 0. The molecule has 0 saturated carbocycles. The number of hydrogen-bond donors (Lipinski definition) is 1. The Bertz CT molecular complexity index is 374. The molecule has 0 fully saturated rings. The molecular formula is C10H14O3. The predicted octanol–water partition coefficient (Wildman–Crippen LogP) is 2.09. The first-order chi connectivity index (χ1) is 5.95. The van der Waals surface area contributed by atoms with Gasteiger partial charge in [-0.15, -0.1) is 0 Å². The van der Waals surface area contributed by atoms with E-state index in [1.54, 1.807) is 13.8 Å². The average Bonchev–Trinajstić information content (AvgIpc) is 2.07. The van der Waals surface area contributed by atoms with Crippen LogP contribution in [-0.4, -0.2) is 5.11 Å². The zero-order chi connectivity index (χ0) is 10.2. The molecule has 0 bridgehead atoms. The van der Waals surface area contributed by atoms with Gasteiger partial charge in [0.25, 0.3) is 0 Å². The van der Waals surface area contributed by atoms with E-state index in [1.807, 2.05) is 13.8 Å². The van der Waals surface area contributed by atoms with Crippen LogP contribution in [0.1, 0.15) is 36.7 Å². The minimum Gasteiger partial charge on any atom is -0.507 e. The molecule has 0 amide bonds. The molecule has 1 heterocycles. The summed E-state index contributed by atoms with van der Waals surface area (Å²) in [4.78, 5) is 11.2. The lowest BCUT2D eigenvalue weighted by Gasteiger charge is -2.09. The second-order valence-corrected chi connectivity index (χ2v) is 3.51. The van der Waals surface area contributed by atoms with E-state index in [4.69, 9.17) is 4.42 Å². The monoisotopic (exact) mass is 182 g/mol. The highest BCUT2D eigenvalue weighted by molar-refractivity contribution is 5.38. The normalized spacial score (nSPS) is 10.8. The number of rotatable bonds is 1. The molecular weight excluding hydrogens is 168 g/mol. The van der Waals surface area contributed by atoms with E-state index in [1.165, 1.54) is 0 Å². The molecule has 1 N–H and O–H groups in total. The highest BCUT2D eigenvalue weighted by atomic mass is 16.4. The molecule has 3 nitrogen and oxygen atoms in total. The van der Waals surface area contributed by atoms with Crippen molar-refractivity contribution in [2.45, 2.75) is 33.6 Å². The molecule has 0 aliphatic heterocycles. The van der Waals surface area contributed by atoms with Gasteiger partial charge in [-0.1, -0.05) is 13.8 Å². The SMILES string of the molecule is Cc1c(C(C)C)oc(=O)c(C)c1O. The Labute approximate surface area is 77.0 Å². The fourth-order valence-electron chi connectivity index (χ4n) is 1.30. The molecule has 0 aromatic carbocycles. The van der Waals surface area contributed by atoms with Crippen LogP contribution in [0.4, 0.5) is 0 Å². The molecule has 0 spiro atoms. The van der Waals surface area contributed by atoms with Gasteiger partial charge in [0.05, 0.1) is 5.56 Å². The van der Waals surface area contributed by atoms with E-state index in [0.29, 0.717) is 11.3 Å². The van der Waals surface area contributed by atoms with Gasteiger partial charge in [0.1, 0.15) is 11.5 Å². The summed E-state index contributed by atoms with van der Waals surface area (Å²) < 4.78 is 5.07. The third-order valence-electron chi connectivity index (χ3n) is 2.11. The third-order valence-corrected chi connectivity index (χ3v) is 2.11. The minimum atomic E-state index is -0.452. The second-order valence-electron chi connectivity index (χ2n) is 3.51. The van der Waals surface area contributed by atoms with Crippen LogP contribution in [0.15, 0.2) is 9.21 Å². The Morgan fingerprint density at radius 2 is 1.77 bits per heavy atom. The summed E-state index contributed by atoms with van der Waals surface area (Å²) in [6.07, 6.45) is 0. The van der Waals surface area contributed by atoms with Crippen molar-refractivity contribution < 1.29 is 9.52 Å². The van der Waals surface area contributed by atoms with Crippen molar-refractivity contribution in [2.75, 3.05) is 0 Å². The maximum Gasteiger partial charge on any atom is 0.342 e. The summed E-state index contributed by atoms with van der Waals surface area (Å²) in [5.41, 5.74) is 0.487. The van der Waals surface area contributed by atoms with Gasteiger partial charge in [0, 0.05) is 11.5 Å². The molecule has 0 aliphatic rings. The predicted molar refractivity (Wildman–Crippen MR) is 50.2 cm³/mol. The van der Waals surface area contributed by atoms with Gasteiger partial charge in [0.2, 0.25) is 0 Å². The summed E-state index contributed by atoms with van der Waals surface area (Å²) >= 11 is 0. The lowest BCUT2D eigenvalue weighted by Crippen LogP contribution is -2.08. The van der Waals surface area contributed by atoms with Crippen molar-refractivity contribution in [1.29, 1.82) is 0 Å². The Kier molecular flexibility index (Phi) is 2.45. The molecule has 0 unspecified atom stereocenters. The molecule has 0 radical (unpaired) electrons. The van der Waals surface area contributed by atoms with E-state index in [0.717, 1.165) is 0 Å². The smallest absolute Gasteiger partial charge is 0.342 e. The van der Waals surface area contributed by atoms with E-state index >= 15 is 0 Å². The topological polar surface area (TPSA) is 50.4 Å². The Morgan fingerprint density at radius 3 is 2.23 bits per heavy atom. The fourth-order valence-corrected chi connectivity index (χ4v) is 1.30. The van der Waals surface area contributed by atoms with Crippen molar-refractivity contribution >= 4 is 0 Å². The van der Waals surface area contributed by atoms with E-state index in [9.17, 15) is 9.90 Å². The summed E-state index contributed by atoms with van der Waals surface area (Å²) in [6, 6.07) is 0. The Balaban J connectivity index is 3.50. The van der Waals surface area contributed by atoms with Crippen molar-refractivity contribution in [1.82, 2.24) is 0 Å². The largest absolute Gasteiger partial charge is 0.507 e. The number of hydrogen-bond acceptors (Lipinski definition) is 3. The first kappa shape index (κ1) is 9.84. The van der Waals surface area contributed by atoms with Crippen LogP contribution >= 0.6 is 0 Å². The first-order valence-electron chi connectivity index (χ1n) is 4.28. The van der Waals surface area contributed by atoms with Crippen LogP contribution in [0, 0.1) is 13.8 Å². The Morgan fingerprint density at radius 1 is 1.23 bits per heavy atom. The van der Waals surface area contributed by atoms with Crippen LogP contribution in [-0.2, 0) is 0 Å². The maximum absolute atomic E-state index is 11.2. The molecule has 1 aromatic rings. The van der Waals surface area contributed by atoms with Crippen LogP contribution in [0.2, 0.25) is 0 Å². The summed E-state index contributed by atoms with van der Waals surface area (Å²) in [5, 5.41) is 9.56. The molecule has 0 aliphatic carbocycles. The zero-order valence-electron chi connectivity index (χ0n) is 8.34. The van der Waals surface area contributed by atoms with Gasteiger partial charge in [-0.3, -0.25) is 0 Å². The lowest BCUT2D eigenvalue weighted by atomic mass is 10.0. The molecule has 72 valence electrons. The number of aromatic hydroxyl groups is 1. The summed E-state index contributed by atoms with van der Waals surface area (Å²) in [6.45, 7) is 7.14. The van der Waals surface area contributed by atoms with Gasteiger partial charge < -0.3 is 9.52 Å². The zero-order valence-corrected chi connectivity index (χ0v) is 8.34. The van der Waals surface area contributed by atoms with Crippen LogP contribution in [0.3, 0.4) is 0 Å². The molecule has 0 saturated heterocycles. The highest BCUT2D eigenvalue weighted by Gasteiger charge is 2.14. The second kappa shape index (κ2) is 3.24. The standard InChI is InChI=1S/C10H14O3/c1-5(2)9-6(3)8(11)7(4)10(12)13-9/h5,11H,1-4H3. The van der Waals surface area contributed by atoms with Crippen molar-refractivity contribution in [3.8, 4) is 5.75 Å². The molecule has 1 rings (SSSR count). The first-order valence-corrected chi connectivity index (χ1v) is 4.28. The van der Waals surface area contributed by atoms with Crippen LogP contribution in [0.5, 0.6) is 5.75 Å². The average molecular weight is 182 g/mol. The van der Waals surface area contributed by atoms with Crippen molar-refractivity contribution in [3.63, 3.8) is 0 Å². The quantitative estimate of drug-likeness (QED) is 0.723. The van der Waals surface area contributed by atoms with Crippen LogP contribution < -0.4 is 5.63 Å². The van der Waals surface area contributed by atoms with Gasteiger partial charge in [0.15, 0.2) is 0 Å². The van der Waals surface area contributed by atoms with Crippen molar-refractivity contribution in [3.05, 3.63) is 27.3 Å². The van der Waals surface area contributed by atoms with Crippen molar-refractivity contribution in [2.24, 2.45) is 0 Å². The van der Waals surface area contributed by atoms with E-state index in [-0.39, 0.29) is 17.2 Å². The summed E-state index contributed by atoms with van der Waals surface area (Å²) in [5.74, 6) is 0.729. The highest BCUT2D eigenvalue weighted by Crippen LogP contribution is 2.26. The molecule has 0 atom stereocenters. The third kappa shape index (κ3) is 1.59. The fraction of sp³-hybridized carbons (Fsp3) is 0.500. The maximum atomic E-state index is 11.2. The van der Waals surface area contributed by atoms with Crippen LogP contribution in [0.25, 0.3) is 0 Å². The van der Waals surface area contributed by atoms with E-state index < -0.39 is 5.63 Å². The van der Waals surface area contributed by atoms with E-state index in [2.05, 4.69) is 0 Å². The van der Waals surface area contributed by atoms with Gasteiger partial charge >= 0.3 is 5.63 Å². The molecule has 13 heavy (non-hydrogen) atoms. The van der Waals surface area contributed by atoms with Gasteiger partial charge in [-0.25, -0.2) is 4.79 Å². The molecule has 1 aromatic heterocycles. The van der Waals surface area contributed by atoms with Gasteiger partial charge in [-0.2, -0.15) is 0 Å². The van der Waals surface area contributed by atoms with Gasteiger partial charge in [-0.05, 0) is 13.8 Å². The molecule has 3 heteroatoms. The lowest BCUT2D eigenvalue weighted by molar-refractivity contribution is 0.398.